The van der Waals surface area contributed by atoms with Gasteiger partial charge in [-0.3, -0.25) is 5.10 Å². The van der Waals surface area contributed by atoms with Gasteiger partial charge in [0, 0.05) is 42.2 Å². The van der Waals surface area contributed by atoms with E-state index in [-0.39, 0.29) is 18.9 Å². The molecule has 0 fully saturated rings. The van der Waals surface area contributed by atoms with Crippen molar-refractivity contribution in [2.75, 3.05) is 11.4 Å². The molecule has 6 nitrogen and oxygen atoms in total. The van der Waals surface area contributed by atoms with Gasteiger partial charge >= 0.3 is 6.18 Å². The van der Waals surface area contributed by atoms with E-state index in [1.54, 1.807) is 22.7 Å². The number of para-hydroxylation sites is 1. The molecule has 39 heavy (non-hydrogen) atoms. The molecular formula is C28H23F5N6. The molecule has 6 rings (SSSR count). The van der Waals surface area contributed by atoms with Gasteiger partial charge in [0.05, 0.1) is 34.4 Å². The molecule has 0 aliphatic carbocycles. The lowest BCUT2D eigenvalue weighted by atomic mass is 9.96. The van der Waals surface area contributed by atoms with Crippen molar-refractivity contribution in [2.45, 2.75) is 39.9 Å². The molecule has 0 saturated carbocycles. The van der Waals surface area contributed by atoms with Crippen molar-refractivity contribution in [2.24, 2.45) is 0 Å². The van der Waals surface area contributed by atoms with Crippen LogP contribution in [0.5, 0.6) is 0 Å². The Balaban J connectivity index is 1.57. The van der Waals surface area contributed by atoms with Crippen LogP contribution in [0.4, 0.5) is 27.8 Å². The fourth-order valence-corrected chi connectivity index (χ4v) is 5.41. The summed E-state index contributed by atoms with van der Waals surface area (Å²) in [4.78, 5) is 5.39. The number of fused-ring (bicyclic) bond motifs is 2. The van der Waals surface area contributed by atoms with E-state index in [4.69, 9.17) is 5.10 Å². The summed E-state index contributed by atoms with van der Waals surface area (Å²) in [5, 5.41) is 12.5. The highest BCUT2D eigenvalue weighted by atomic mass is 19.4. The number of rotatable bonds is 3. The molecule has 0 saturated heterocycles. The number of halogens is 5. The lowest BCUT2D eigenvalue weighted by Gasteiger charge is -2.28. The first-order chi connectivity index (χ1) is 18.5. The second-order valence-corrected chi connectivity index (χ2v) is 9.83. The van der Waals surface area contributed by atoms with Gasteiger partial charge in [0.1, 0.15) is 5.82 Å². The molecule has 0 radical (unpaired) electrons. The lowest BCUT2D eigenvalue weighted by molar-refractivity contribution is -0.138. The number of benzene rings is 2. The number of anilines is 1. The number of aromatic amines is 1. The zero-order valence-corrected chi connectivity index (χ0v) is 21.3. The summed E-state index contributed by atoms with van der Waals surface area (Å²) in [5.74, 6) is -1.74. The van der Waals surface area contributed by atoms with E-state index in [0.717, 1.165) is 16.8 Å². The highest BCUT2D eigenvalue weighted by Gasteiger charge is 2.34. The largest absolute Gasteiger partial charge is 0.417 e. The van der Waals surface area contributed by atoms with E-state index >= 15 is 4.39 Å². The average Bonchev–Trinajstić information content (AvgIpc) is 3.49. The van der Waals surface area contributed by atoms with Gasteiger partial charge in [-0.1, -0.05) is 18.2 Å². The van der Waals surface area contributed by atoms with E-state index < -0.39 is 23.4 Å². The molecule has 5 aromatic rings. The molecule has 0 atom stereocenters. The molecule has 1 N–H and O–H groups in total. The predicted molar refractivity (Wildman–Crippen MR) is 137 cm³/mol. The van der Waals surface area contributed by atoms with Crippen molar-refractivity contribution in [3.05, 3.63) is 87.9 Å². The van der Waals surface area contributed by atoms with Gasteiger partial charge in [-0.05, 0) is 49.6 Å². The molecule has 0 amide bonds. The Morgan fingerprint density at radius 3 is 2.38 bits per heavy atom. The summed E-state index contributed by atoms with van der Waals surface area (Å²) in [6.45, 7) is 6.03. The molecule has 2 aromatic carbocycles. The van der Waals surface area contributed by atoms with Crippen LogP contribution in [0.2, 0.25) is 0 Å². The molecule has 1 aliphatic heterocycles. The Labute approximate surface area is 220 Å². The predicted octanol–water partition coefficient (Wildman–Crippen LogP) is 6.60. The van der Waals surface area contributed by atoms with Crippen molar-refractivity contribution in [1.82, 2.24) is 25.0 Å². The van der Waals surface area contributed by atoms with Gasteiger partial charge in [0.15, 0.2) is 11.6 Å². The number of aromatic nitrogens is 5. The zero-order chi connectivity index (χ0) is 27.6. The van der Waals surface area contributed by atoms with Crippen LogP contribution in [-0.4, -0.2) is 31.5 Å². The number of aryl methyl sites for hydroxylation is 3. The SMILES string of the molecule is Cc1cccc(C)c1-n1nc2c(c1-c1c(F)cc(C)c3[nH]ncc13)CN(c1ncc(C(F)(F)F)cc1F)CC2. The Kier molecular flexibility index (Phi) is 5.70. The van der Waals surface area contributed by atoms with Crippen molar-refractivity contribution < 1.29 is 22.0 Å². The molecule has 3 aromatic heterocycles. The highest BCUT2D eigenvalue weighted by molar-refractivity contribution is 5.97. The van der Waals surface area contributed by atoms with Crippen molar-refractivity contribution in [1.29, 1.82) is 0 Å². The van der Waals surface area contributed by atoms with Gasteiger partial charge in [0.2, 0.25) is 0 Å². The third-order valence-corrected chi connectivity index (χ3v) is 7.26. The van der Waals surface area contributed by atoms with E-state index in [0.29, 0.717) is 57.7 Å². The van der Waals surface area contributed by atoms with Gasteiger partial charge in [-0.15, -0.1) is 0 Å². The lowest BCUT2D eigenvalue weighted by Crippen LogP contribution is -2.32. The van der Waals surface area contributed by atoms with E-state index in [2.05, 4.69) is 15.2 Å². The number of nitrogens with zero attached hydrogens (tertiary/aromatic N) is 5. The molecule has 11 heteroatoms. The summed E-state index contributed by atoms with van der Waals surface area (Å²) >= 11 is 0. The summed E-state index contributed by atoms with van der Waals surface area (Å²) in [7, 11) is 0. The minimum Gasteiger partial charge on any atom is -0.349 e. The van der Waals surface area contributed by atoms with Crippen LogP contribution in [0.15, 0.2) is 42.7 Å². The average molecular weight is 539 g/mol. The van der Waals surface area contributed by atoms with Crippen molar-refractivity contribution >= 4 is 16.7 Å². The summed E-state index contributed by atoms with van der Waals surface area (Å²) in [6, 6.07) is 7.70. The first-order valence-corrected chi connectivity index (χ1v) is 12.3. The van der Waals surface area contributed by atoms with E-state index in [9.17, 15) is 17.6 Å². The molecule has 1 aliphatic rings. The maximum absolute atomic E-state index is 15.9. The second-order valence-electron chi connectivity index (χ2n) is 9.83. The first kappa shape index (κ1) is 25.0. The molecule has 0 unspecified atom stereocenters. The van der Waals surface area contributed by atoms with E-state index in [1.165, 1.54) is 6.07 Å². The smallest absolute Gasteiger partial charge is 0.349 e. The quantitative estimate of drug-likeness (QED) is 0.263. The Morgan fingerprint density at radius 1 is 0.949 bits per heavy atom. The minimum absolute atomic E-state index is 0.0809. The normalized spacial score (nSPS) is 13.8. The third-order valence-electron chi connectivity index (χ3n) is 7.26. The summed E-state index contributed by atoms with van der Waals surface area (Å²) < 4.78 is 71.8. The number of nitrogens with one attached hydrogen (secondary N) is 1. The van der Waals surface area contributed by atoms with Crippen LogP contribution >= 0.6 is 0 Å². The summed E-state index contributed by atoms with van der Waals surface area (Å²) in [6.07, 6.45) is -2.15. The molecule has 4 heterocycles. The van der Waals surface area contributed by atoms with Crippen molar-refractivity contribution in [3.8, 4) is 16.9 Å². The van der Waals surface area contributed by atoms with Crippen LogP contribution in [-0.2, 0) is 19.1 Å². The number of hydrogen-bond acceptors (Lipinski definition) is 4. The first-order valence-electron chi connectivity index (χ1n) is 12.3. The Hall–Kier alpha value is -4.28. The summed E-state index contributed by atoms with van der Waals surface area (Å²) in [5.41, 5.74) is 5.00. The molecule has 0 bridgehead atoms. The molecule has 200 valence electrons. The van der Waals surface area contributed by atoms with Gasteiger partial charge in [0.25, 0.3) is 0 Å². The van der Waals surface area contributed by atoms with Gasteiger partial charge in [-0.25, -0.2) is 18.4 Å². The highest BCUT2D eigenvalue weighted by Crippen LogP contribution is 2.41. The monoisotopic (exact) mass is 538 g/mol. The van der Waals surface area contributed by atoms with Gasteiger partial charge < -0.3 is 4.90 Å². The minimum atomic E-state index is -4.71. The van der Waals surface area contributed by atoms with Crippen LogP contribution in [0.3, 0.4) is 0 Å². The van der Waals surface area contributed by atoms with Crippen LogP contribution < -0.4 is 4.90 Å². The van der Waals surface area contributed by atoms with Crippen LogP contribution in [0.1, 0.15) is 33.5 Å². The fraction of sp³-hybridized carbons (Fsp3) is 0.250. The van der Waals surface area contributed by atoms with E-state index in [1.807, 2.05) is 32.0 Å². The number of hydrogen-bond donors (Lipinski definition) is 1. The Morgan fingerprint density at radius 2 is 1.69 bits per heavy atom. The number of pyridine rings is 1. The molecular weight excluding hydrogens is 515 g/mol. The maximum atomic E-state index is 15.9. The number of H-pyrrole nitrogens is 1. The van der Waals surface area contributed by atoms with Crippen LogP contribution in [0, 0.1) is 32.4 Å². The second kappa shape index (κ2) is 8.89. The number of alkyl halides is 3. The third kappa shape index (κ3) is 4.03. The zero-order valence-electron chi connectivity index (χ0n) is 21.3. The molecule has 0 spiro atoms. The fourth-order valence-electron chi connectivity index (χ4n) is 5.41. The van der Waals surface area contributed by atoms with Crippen LogP contribution in [0.25, 0.3) is 27.8 Å². The van der Waals surface area contributed by atoms with Gasteiger partial charge in [-0.2, -0.15) is 23.4 Å². The van der Waals surface area contributed by atoms with Crippen molar-refractivity contribution in [3.63, 3.8) is 0 Å². The standard InChI is InChI=1S/C28H23F5N6/c1-14-5-4-6-15(2)25(14)39-26(23-18-12-35-36-24(18)16(3)9-20(23)29)19-13-38(8-7-22(19)37-39)27-21(30)10-17(11-34-27)28(31,32)33/h4-6,9-12H,7-8,13H2,1-3H3,(H,35,36). The maximum Gasteiger partial charge on any atom is 0.417 e. The Bertz CT molecular complexity index is 1730. The topological polar surface area (TPSA) is 62.6 Å².